The van der Waals surface area contributed by atoms with E-state index in [1.807, 2.05) is 5.48 Å². The predicted octanol–water partition coefficient (Wildman–Crippen LogP) is 1.65. The molecule has 1 aromatic carbocycles. The zero-order chi connectivity index (χ0) is 10.6. The average Bonchev–Trinajstić information content (AvgIpc) is 2.10. The van der Waals surface area contributed by atoms with Gasteiger partial charge < -0.3 is 5.32 Å². The summed E-state index contributed by atoms with van der Waals surface area (Å²) in [5.41, 5.74) is 1.80. The molecule has 2 amide bonds. The minimum absolute atomic E-state index is 0.124. The molecule has 14 heavy (non-hydrogen) atoms. The van der Waals surface area contributed by atoms with Crippen LogP contribution in [0.15, 0.2) is 18.2 Å². The minimum Gasteiger partial charge on any atom is -0.303 e. The SMILES string of the molecule is CONC(=O)Nc1ccc(F)cc1F. The molecule has 4 nitrogen and oxygen atoms in total. The lowest BCUT2D eigenvalue weighted by molar-refractivity contribution is 0.114. The van der Waals surface area contributed by atoms with E-state index in [1.165, 1.54) is 7.11 Å². The fraction of sp³-hybridized carbons (Fsp3) is 0.125. The largest absolute Gasteiger partial charge is 0.343 e. The van der Waals surface area contributed by atoms with Crippen LogP contribution in [0.4, 0.5) is 19.3 Å². The molecule has 0 aliphatic heterocycles. The molecule has 0 saturated carbocycles. The number of benzene rings is 1. The summed E-state index contributed by atoms with van der Waals surface area (Å²) in [4.78, 5) is 15.1. The standard InChI is InChI=1S/C8H8F2N2O2/c1-14-12-8(13)11-7-3-2-5(9)4-6(7)10/h2-4H,1H3,(H2,11,12,13). The Bertz CT molecular complexity index is 344. The second-order valence-corrected chi connectivity index (χ2v) is 2.38. The summed E-state index contributed by atoms with van der Waals surface area (Å²) in [6, 6.07) is 2.08. The minimum atomic E-state index is -0.851. The summed E-state index contributed by atoms with van der Waals surface area (Å²) in [6.45, 7) is 0. The number of carbonyl (C=O) groups excluding carboxylic acids is 1. The van der Waals surface area contributed by atoms with Gasteiger partial charge in [0.25, 0.3) is 0 Å². The number of halogens is 2. The van der Waals surface area contributed by atoms with Gasteiger partial charge in [-0.05, 0) is 12.1 Å². The van der Waals surface area contributed by atoms with Crippen LogP contribution in [0.5, 0.6) is 0 Å². The van der Waals surface area contributed by atoms with Gasteiger partial charge in [0.1, 0.15) is 11.6 Å². The Morgan fingerprint density at radius 1 is 1.43 bits per heavy atom. The van der Waals surface area contributed by atoms with Crippen LogP contribution < -0.4 is 10.8 Å². The normalized spacial score (nSPS) is 9.64. The molecular formula is C8H8F2N2O2. The number of carbonyl (C=O) groups is 1. The van der Waals surface area contributed by atoms with Crippen molar-refractivity contribution in [2.75, 3.05) is 12.4 Å². The highest BCUT2D eigenvalue weighted by Gasteiger charge is 2.06. The molecule has 0 atom stereocenters. The van der Waals surface area contributed by atoms with Crippen LogP contribution in [0, 0.1) is 11.6 Å². The van der Waals surface area contributed by atoms with E-state index in [9.17, 15) is 13.6 Å². The summed E-state index contributed by atoms with van der Waals surface area (Å²) in [5.74, 6) is -1.56. The molecule has 1 rings (SSSR count). The lowest BCUT2D eigenvalue weighted by atomic mass is 10.3. The zero-order valence-electron chi connectivity index (χ0n) is 7.30. The summed E-state index contributed by atoms with van der Waals surface area (Å²) < 4.78 is 25.4. The molecule has 1 aromatic rings. The molecule has 0 heterocycles. The number of urea groups is 1. The molecule has 6 heteroatoms. The van der Waals surface area contributed by atoms with Crippen molar-refractivity contribution < 1.29 is 18.4 Å². The maximum absolute atomic E-state index is 12.9. The zero-order valence-corrected chi connectivity index (χ0v) is 7.30. The maximum Gasteiger partial charge on any atom is 0.343 e. The van der Waals surface area contributed by atoms with Crippen molar-refractivity contribution in [1.29, 1.82) is 0 Å². The van der Waals surface area contributed by atoms with Crippen LogP contribution in [0.25, 0.3) is 0 Å². The van der Waals surface area contributed by atoms with E-state index in [2.05, 4.69) is 10.2 Å². The summed E-state index contributed by atoms with van der Waals surface area (Å²) >= 11 is 0. The van der Waals surface area contributed by atoms with Crippen molar-refractivity contribution >= 4 is 11.7 Å². The first kappa shape index (κ1) is 10.4. The van der Waals surface area contributed by atoms with Crippen LogP contribution in [0.1, 0.15) is 0 Å². The number of hydrogen-bond acceptors (Lipinski definition) is 2. The van der Waals surface area contributed by atoms with E-state index in [0.717, 1.165) is 12.1 Å². The van der Waals surface area contributed by atoms with Crippen molar-refractivity contribution in [2.45, 2.75) is 0 Å². The van der Waals surface area contributed by atoms with Crippen LogP contribution in [-0.4, -0.2) is 13.1 Å². The van der Waals surface area contributed by atoms with E-state index < -0.39 is 17.7 Å². The second kappa shape index (κ2) is 4.52. The van der Waals surface area contributed by atoms with Gasteiger partial charge in [-0.2, -0.15) is 0 Å². The van der Waals surface area contributed by atoms with E-state index >= 15 is 0 Å². The molecule has 0 radical (unpaired) electrons. The lowest BCUT2D eigenvalue weighted by Crippen LogP contribution is -2.27. The number of amides is 2. The molecule has 0 aliphatic carbocycles. The van der Waals surface area contributed by atoms with Crippen LogP contribution >= 0.6 is 0 Å². The molecule has 0 bridgehead atoms. The number of nitrogens with one attached hydrogen (secondary N) is 2. The lowest BCUT2D eigenvalue weighted by Gasteiger charge is -2.05. The number of hydrogen-bond donors (Lipinski definition) is 2. The quantitative estimate of drug-likeness (QED) is 0.716. The monoisotopic (exact) mass is 202 g/mol. The molecular weight excluding hydrogens is 194 g/mol. The van der Waals surface area contributed by atoms with Gasteiger partial charge in [0.05, 0.1) is 12.8 Å². The Kier molecular flexibility index (Phi) is 3.35. The number of rotatable bonds is 2. The van der Waals surface area contributed by atoms with Crippen molar-refractivity contribution in [3.63, 3.8) is 0 Å². The molecule has 2 N–H and O–H groups in total. The van der Waals surface area contributed by atoms with Crippen LogP contribution in [-0.2, 0) is 4.84 Å². The molecule has 0 aliphatic rings. The van der Waals surface area contributed by atoms with Crippen molar-refractivity contribution in [3.05, 3.63) is 29.8 Å². The fourth-order valence-corrected chi connectivity index (χ4v) is 0.831. The molecule has 76 valence electrons. The Morgan fingerprint density at radius 3 is 2.71 bits per heavy atom. The first-order valence-corrected chi connectivity index (χ1v) is 3.68. The molecule has 0 spiro atoms. The summed E-state index contributed by atoms with van der Waals surface area (Å²) in [5, 5.41) is 2.12. The summed E-state index contributed by atoms with van der Waals surface area (Å²) in [7, 11) is 1.24. The van der Waals surface area contributed by atoms with Gasteiger partial charge in [0.15, 0.2) is 0 Å². The van der Waals surface area contributed by atoms with Gasteiger partial charge in [0, 0.05) is 6.07 Å². The highest BCUT2D eigenvalue weighted by molar-refractivity contribution is 5.88. The van der Waals surface area contributed by atoms with E-state index in [0.29, 0.717) is 6.07 Å². The number of anilines is 1. The first-order valence-electron chi connectivity index (χ1n) is 3.68. The number of hydroxylamine groups is 1. The highest BCUT2D eigenvalue weighted by atomic mass is 19.1. The van der Waals surface area contributed by atoms with Crippen molar-refractivity contribution in [3.8, 4) is 0 Å². The van der Waals surface area contributed by atoms with Crippen molar-refractivity contribution in [2.24, 2.45) is 0 Å². The smallest absolute Gasteiger partial charge is 0.303 e. The van der Waals surface area contributed by atoms with Gasteiger partial charge in [-0.25, -0.2) is 19.1 Å². The van der Waals surface area contributed by atoms with Gasteiger partial charge in [-0.15, -0.1) is 0 Å². The van der Waals surface area contributed by atoms with E-state index in [4.69, 9.17) is 0 Å². The highest BCUT2D eigenvalue weighted by Crippen LogP contribution is 2.14. The van der Waals surface area contributed by atoms with Gasteiger partial charge >= 0.3 is 6.03 Å². The van der Waals surface area contributed by atoms with Crippen LogP contribution in [0.3, 0.4) is 0 Å². The third kappa shape index (κ3) is 2.67. The Morgan fingerprint density at radius 2 is 2.14 bits per heavy atom. The molecule has 0 fully saturated rings. The first-order chi connectivity index (χ1) is 6.63. The topological polar surface area (TPSA) is 50.4 Å². The Balaban J connectivity index is 2.72. The summed E-state index contributed by atoms with van der Waals surface area (Å²) in [6.07, 6.45) is 0. The Labute approximate surface area is 78.8 Å². The Hall–Kier alpha value is -1.69. The van der Waals surface area contributed by atoms with E-state index in [-0.39, 0.29) is 5.69 Å². The third-order valence-electron chi connectivity index (χ3n) is 1.37. The van der Waals surface area contributed by atoms with E-state index in [1.54, 1.807) is 0 Å². The predicted molar refractivity (Wildman–Crippen MR) is 45.5 cm³/mol. The van der Waals surface area contributed by atoms with Gasteiger partial charge in [0.2, 0.25) is 0 Å². The second-order valence-electron chi connectivity index (χ2n) is 2.38. The molecule has 0 saturated heterocycles. The average molecular weight is 202 g/mol. The van der Waals surface area contributed by atoms with Crippen molar-refractivity contribution in [1.82, 2.24) is 5.48 Å². The maximum atomic E-state index is 12.9. The third-order valence-corrected chi connectivity index (χ3v) is 1.37. The van der Waals surface area contributed by atoms with Gasteiger partial charge in [-0.1, -0.05) is 0 Å². The molecule has 0 unspecified atom stereocenters. The fourth-order valence-electron chi connectivity index (χ4n) is 0.831. The van der Waals surface area contributed by atoms with Gasteiger partial charge in [-0.3, -0.25) is 4.84 Å². The van der Waals surface area contributed by atoms with Crippen LogP contribution in [0.2, 0.25) is 0 Å². The molecule has 0 aromatic heterocycles.